The van der Waals surface area contributed by atoms with Crippen molar-refractivity contribution >= 4 is 11.7 Å². The number of hydrogen-bond acceptors (Lipinski definition) is 3. The normalized spacial score (nSPS) is 18.8. The van der Waals surface area contributed by atoms with Gasteiger partial charge in [-0.1, -0.05) is 13.0 Å². The van der Waals surface area contributed by atoms with Gasteiger partial charge in [0, 0.05) is 24.3 Å². The fourth-order valence-electron chi connectivity index (χ4n) is 2.63. The molecule has 1 aliphatic heterocycles. The summed E-state index contributed by atoms with van der Waals surface area (Å²) < 4.78 is 5.13. The Hall–Kier alpha value is -1.75. The molecule has 0 unspecified atom stereocenters. The van der Waals surface area contributed by atoms with E-state index in [2.05, 4.69) is 22.5 Å². The molecule has 1 heterocycles. The molecular weight excluding hydrogens is 254 g/mol. The molecule has 1 atom stereocenters. The zero-order valence-electron chi connectivity index (χ0n) is 12.2. The van der Waals surface area contributed by atoms with Crippen molar-refractivity contribution in [3.8, 4) is 5.75 Å². The number of amides is 2. The predicted octanol–water partition coefficient (Wildman–Crippen LogP) is 2.30. The molecule has 1 aromatic carbocycles. The molecule has 0 saturated carbocycles. The second kappa shape index (κ2) is 7.14. The maximum absolute atomic E-state index is 11.9. The van der Waals surface area contributed by atoms with Crippen LogP contribution < -0.4 is 15.4 Å². The SMILES string of the molecule is CCN1CCC[C@@H]1CNC(=O)Nc1cccc(OC)c1. The van der Waals surface area contributed by atoms with E-state index < -0.39 is 0 Å². The minimum atomic E-state index is -0.166. The molecule has 2 amide bonds. The number of ether oxygens (including phenoxy) is 1. The smallest absolute Gasteiger partial charge is 0.319 e. The molecule has 0 spiro atoms. The zero-order chi connectivity index (χ0) is 14.4. The van der Waals surface area contributed by atoms with Crippen LogP contribution in [0.15, 0.2) is 24.3 Å². The lowest BCUT2D eigenvalue weighted by Gasteiger charge is -2.22. The lowest BCUT2D eigenvalue weighted by atomic mass is 10.2. The van der Waals surface area contributed by atoms with Crippen LogP contribution in [0.25, 0.3) is 0 Å². The largest absolute Gasteiger partial charge is 0.497 e. The molecule has 2 rings (SSSR count). The van der Waals surface area contributed by atoms with Gasteiger partial charge >= 0.3 is 6.03 Å². The molecule has 1 aliphatic rings. The first-order valence-corrected chi connectivity index (χ1v) is 7.16. The lowest BCUT2D eigenvalue weighted by molar-refractivity contribution is 0.238. The van der Waals surface area contributed by atoms with E-state index in [4.69, 9.17) is 4.74 Å². The number of urea groups is 1. The Morgan fingerprint density at radius 2 is 2.35 bits per heavy atom. The van der Waals surface area contributed by atoms with Gasteiger partial charge in [0.1, 0.15) is 5.75 Å². The molecule has 5 nitrogen and oxygen atoms in total. The average molecular weight is 277 g/mol. The van der Waals surface area contributed by atoms with Gasteiger partial charge in [-0.25, -0.2) is 4.79 Å². The number of hydrogen-bond donors (Lipinski definition) is 2. The second-order valence-corrected chi connectivity index (χ2v) is 4.99. The van der Waals surface area contributed by atoms with Crippen molar-refractivity contribution in [2.45, 2.75) is 25.8 Å². The third-order valence-electron chi connectivity index (χ3n) is 3.73. The number of anilines is 1. The van der Waals surface area contributed by atoms with Gasteiger partial charge in [-0.3, -0.25) is 4.90 Å². The molecule has 110 valence electrons. The Morgan fingerprint density at radius 1 is 1.50 bits per heavy atom. The summed E-state index contributed by atoms with van der Waals surface area (Å²) in [4.78, 5) is 14.3. The molecule has 5 heteroatoms. The van der Waals surface area contributed by atoms with Crippen LogP contribution in [-0.2, 0) is 0 Å². The molecule has 1 aromatic rings. The van der Waals surface area contributed by atoms with Gasteiger partial charge in [-0.2, -0.15) is 0 Å². The fourth-order valence-corrected chi connectivity index (χ4v) is 2.63. The molecule has 0 aromatic heterocycles. The van der Waals surface area contributed by atoms with Crippen LogP contribution in [0.4, 0.5) is 10.5 Å². The van der Waals surface area contributed by atoms with Crippen molar-refractivity contribution < 1.29 is 9.53 Å². The minimum absolute atomic E-state index is 0.166. The third-order valence-corrected chi connectivity index (χ3v) is 3.73. The van der Waals surface area contributed by atoms with Crippen molar-refractivity contribution in [1.29, 1.82) is 0 Å². The number of methoxy groups -OCH3 is 1. The van der Waals surface area contributed by atoms with E-state index in [0.717, 1.165) is 30.9 Å². The maximum atomic E-state index is 11.9. The highest BCUT2D eigenvalue weighted by Gasteiger charge is 2.22. The van der Waals surface area contributed by atoms with Crippen molar-refractivity contribution in [2.24, 2.45) is 0 Å². The summed E-state index contributed by atoms with van der Waals surface area (Å²) in [7, 11) is 1.61. The zero-order valence-corrected chi connectivity index (χ0v) is 12.2. The fraction of sp³-hybridized carbons (Fsp3) is 0.533. The van der Waals surface area contributed by atoms with Crippen molar-refractivity contribution in [2.75, 3.05) is 32.1 Å². The maximum Gasteiger partial charge on any atom is 0.319 e. The summed E-state index contributed by atoms with van der Waals surface area (Å²) in [6.45, 7) is 5.04. The van der Waals surface area contributed by atoms with Gasteiger partial charge < -0.3 is 15.4 Å². The van der Waals surface area contributed by atoms with E-state index in [0.29, 0.717) is 12.6 Å². The topological polar surface area (TPSA) is 53.6 Å². The van der Waals surface area contributed by atoms with E-state index in [-0.39, 0.29) is 6.03 Å². The second-order valence-electron chi connectivity index (χ2n) is 4.99. The van der Waals surface area contributed by atoms with Crippen LogP contribution in [0, 0.1) is 0 Å². The van der Waals surface area contributed by atoms with Crippen LogP contribution in [0.1, 0.15) is 19.8 Å². The van der Waals surface area contributed by atoms with Crippen LogP contribution in [0.5, 0.6) is 5.75 Å². The first-order chi connectivity index (χ1) is 9.72. The van der Waals surface area contributed by atoms with Crippen LogP contribution in [0.2, 0.25) is 0 Å². The van der Waals surface area contributed by atoms with Crippen LogP contribution in [0.3, 0.4) is 0 Å². The number of carbonyl (C=O) groups is 1. The van der Waals surface area contributed by atoms with Crippen LogP contribution in [-0.4, -0.2) is 43.7 Å². The van der Waals surface area contributed by atoms with E-state index in [1.54, 1.807) is 13.2 Å². The van der Waals surface area contributed by atoms with E-state index >= 15 is 0 Å². The summed E-state index contributed by atoms with van der Waals surface area (Å²) in [5.74, 6) is 0.732. The third kappa shape index (κ3) is 3.87. The first-order valence-electron chi connectivity index (χ1n) is 7.16. The highest BCUT2D eigenvalue weighted by molar-refractivity contribution is 5.89. The number of carbonyl (C=O) groups excluding carboxylic acids is 1. The molecule has 1 saturated heterocycles. The summed E-state index contributed by atoms with van der Waals surface area (Å²) in [5.41, 5.74) is 0.737. The van der Waals surface area contributed by atoms with Gasteiger partial charge in [0.15, 0.2) is 0 Å². The summed E-state index contributed by atoms with van der Waals surface area (Å²) >= 11 is 0. The molecule has 0 aliphatic carbocycles. The van der Waals surface area contributed by atoms with Gasteiger partial charge in [0.25, 0.3) is 0 Å². The summed E-state index contributed by atoms with van der Waals surface area (Å²) in [5, 5.41) is 5.77. The van der Waals surface area contributed by atoms with Crippen molar-refractivity contribution in [3.63, 3.8) is 0 Å². The molecule has 0 bridgehead atoms. The van der Waals surface area contributed by atoms with Gasteiger partial charge in [0.2, 0.25) is 0 Å². The molecular formula is C15H23N3O2. The Morgan fingerprint density at radius 3 is 3.10 bits per heavy atom. The first kappa shape index (κ1) is 14.7. The molecule has 1 fully saturated rings. The van der Waals surface area contributed by atoms with Gasteiger partial charge in [0.05, 0.1) is 7.11 Å². The highest BCUT2D eigenvalue weighted by Crippen LogP contribution is 2.17. The summed E-state index contributed by atoms with van der Waals surface area (Å²) in [6.07, 6.45) is 2.38. The van der Waals surface area contributed by atoms with E-state index in [9.17, 15) is 4.79 Å². The van der Waals surface area contributed by atoms with E-state index in [1.807, 2.05) is 18.2 Å². The molecule has 2 N–H and O–H groups in total. The number of nitrogens with one attached hydrogen (secondary N) is 2. The van der Waals surface area contributed by atoms with Gasteiger partial charge in [-0.05, 0) is 38.1 Å². The molecule has 0 radical (unpaired) electrons. The Bertz CT molecular complexity index is 450. The monoisotopic (exact) mass is 277 g/mol. The van der Waals surface area contributed by atoms with Crippen LogP contribution >= 0.6 is 0 Å². The average Bonchev–Trinajstić information content (AvgIpc) is 2.93. The quantitative estimate of drug-likeness (QED) is 0.868. The van der Waals surface area contributed by atoms with E-state index in [1.165, 1.54) is 6.42 Å². The number of rotatable bonds is 5. The Kier molecular flexibility index (Phi) is 5.24. The standard InChI is InChI=1S/C15H23N3O2/c1-3-18-9-5-7-13(18)11-16-15(19)17-12-6-4-8-14(10-12)20-2/h4,6,8,10,13H,3,5,7,9,11H2,1-2H3,(H2,16,17,19)/t13-/m1/s1. The highest BCUT2D eigenvalue weighted by atomic mass is 16.5. The Balaban J connectivity index is 1.80. The number of benzene rings is 1. The van der Waals surface area contributed by atoms with Gasteiger partial charge in [-0.15, -0.1) is 0 Å². The lowest BCUT2D eigenvalue weighted by Crippen LogP contribution is -2.41. The number of nitrogens with zero attached hydrogens (tertiary/aromatic N) is 1. The minimum Gasteiger partial charge on any atom is -0.497 e. The summed E-state index contributed by atoms with van der Waals surface area (Å²) in [6, 6.07) is 7.64. The van der Waals surface area contributed by atoms with Crippen molar-refractivity contribution in [3.05, 3.63) is 24.3 Å². The Labute approximate surface area is 120 Å². The molecule has 20 heavy (non-hydrogen) atoms. The predicted molar refractivity (Wildman–Crippen MR) is 80.3 cm³/mol. The number of likely N-dealkylation sites (tertiary alicyclic amines) is 1. The van der Waals surface area contributed by atoms with Crippen molar-refractivity contribution in [1.82, 2.24) is 10.2 Å². The number of likely N-dealkylation sites (N-methyl/N-ethyl adjacent to an activating group) is 1.